The Balaban J connectivity index is 1.69. The monoisotopic (exact) mass is 458 g/mol. The summed E-state index contributed by atoms with van der Waals surface area (Å²) in [5.74, 6) is 0.541. The molecule has 1 aliphatic heterocycles. The van der Waals surface area contributed by atoms with E-state index in [1.165, 1.54) is 14.2 Å². The van der Waals surface area contributed by atoms with Crippen LogP contribution in [0, 0.1) is 5.41 Å². The maximum absolute atomic E-state index is 12.7. The molecule has 176 valence electrons. The number of halogens is 1. The van der Waals surface area contributed by atoms with Crippen molar-refractivity contribution in [2.24, 2.45) is 5.41 Å². The van der Waals surface area contributed by atoms with E-state index in [0.29, 0.717) is 41.2 Å². The summed E-state index contributed by atoms with van der Waals surface area (Å²) < 4.78 is 40.3. The van der Waals surface area contributed by atoms with Gasteiger partial charge in [0, 0.05) is 17.5 Å². The van der Waals surface area contributed by atoms with E-state index in [4.69, 9.17) is 23.7 Å². The standard InChI is InChI=1S/C25H27FO7/c1-29-20-9-8-17(16-6-3-7-18-19(16)14-32-23(18)27)21(22(20)30-2)33-15-25(10-4-11-25)24(28)31-13-5-12-26/h3,6-9H,4-5,10-15H2,1-2H3. The van der Waals surface area contributed by atoms with Gasteiger partial charge in [-0.3, -0.25) is 9.18 Å². The Morgan fingerprint density at radius 1 is 1.06 bits per heavy atom. The topological polar surface area (TPSA) is 80.3 Å². The van der Waals surface area contributed by atoms with Crippen molar-refractivity contribution in [3.8, 4) is 28.4 Å². The van der Waals surface area contributed by atoms with E-state index in [1.54, 1.807) is 18.2 Å². The summed E-state index contributed by atoms with van der Waals surface area (Å²) in [6, 6.07) is 9.01. The normalized spacial score (nSPS) is 15.8. The zero-order valence-electron chi connectivity index (χ0n) is 18.8. The van der Waals surface area contributed by atoms with Crippen molar-refractivity contribution in [1.82, 2.24) is 0 Å². The van der Waals surface area contributed by atoms with Gasteiger partial charge in [0.1, 0.15) is 18.6 Å². The second-order valence-electron chi connectivity index (χ2n) is 8.19. The van der Waals surface area contributed by atoms with E-state index in [-0.39, 0.29) is 38.2 Å². The number of esters is 2. The van der Waals surface area contributed by atoms with Crippen LogP contribution in [0.3, 0.4) is 0 Å². The van der Waals surface area contributed by atoms with Crippen molar-refractivity contribution in [3.05, 3.63) is 41.5 Å². The van der Waals surface area contributed by atoms with Crippen LogP contribution in [-0.2, 0) is 20.9 Å². The average Bonchev–Trinajstić information content (AvgIpc) is 3.19. The number of rotatable bonds is 10. The number of benzene rings is 2. The lowest BCUT2D eigenvalue weighted by molar-refractivity contribution is -0.164. The number of fused-ring (bicyclic) bond motifs is 1. The molecule has 7 nitrogen and oxygen atoms in total. The first kappa shape index (κ1) is 22.9. The van der Waals surface area contributed by atoms with Crippen LogP contribution in [0.2, 0.25) is 0 Å². The summed E-state index contributed by atoms with van der Waals surface area (Å²) in [4.78, 5) is 24.8. The van der Waals surface area contributed by atoms with Gasteiger partial charge in [-0.25, -0.2) is 4.79 Å². The van der Waals surface area contributed by atoms with Crippen molar-refractivity contribution in [2.75, 3.05) is 34.1 Å². The number of hydrogen-bond acceptors (Lipinski definition) is 7. The third-order valence-corrected chi connectivity index (χ3v) is 6.28. The SMILES string of the molecule is COc1ccc(-c2cccc3c2COC3=O)c(OCC2(C(=O)OCCCF)CCC2)c1OC. The van der Waals surface area contributed by atoms with Crippen molar-refractivity contribution < 1.29 is 37.7 Å². The van der Waals surface area contributed by atoms with Crippen molar-refractivity contribution >= 4 is 11.9 Å². The van der Waals surface area contributed by atoms with Crippen LogP contribution in [0.1, 0.15) is 41.6 Å². The molecule has 2 aliphatic rings. The van der Waals surface area contributed by atoms with Gasteiger partial charge in [-0.1, -0.05) is 18.6 Å². The lowest BCUT2D eigenvalue weighted by Crippen LogP contribution is -2.44. The van der Waals surface area contributed by atoms with Crippen LogP contribution in [0.4, 0.5) is 4.39 Å². The van der Waals surface area contributed by atoms with Gasteiger partial charge in [0.05, 0.1) is 33.1 Å². The molecular formula is C25H27FO7. The van der Waals surface area contributed by atoms with Gasteiger partial charge >= 0.3 is 11.9 Å². The Hall–Kier alpha value is -3.29. The fourth-order valence-corrected chi connectivity index (χ4v) is 4.25. The predicted molar refractivity (Wildman–Crippen MR) is 117 cm³/mol. The molecule has 0 bridgehead atoms. The maximum atomic E-state index is 12.7. The Morgan fingerprint density at radius 2 is 1.85 bits per heavy atom. The summed E-state index contributed by atoms with van der Waals surface area (Å²) in [6.07, 6.45) is 2.32. The van der Waals surface area contributed by atoms with E-state index in [0.717, 1.165) is 17.5 Å². The van der Waals surface area contributed by atoms with E-state index in [9.17, 15) is 14.0 Å². The van der Waals surface area contributed by atoms with Gasteiger partial charge in [0.15, 0.2) is 11.5 Å². The fourth-order valence-electron chi connectivity index (χ4n) is 4.25. The average molecular weight is 458 g/mol. The van der Waals surface area contributed by atoms with Crippen LogP contribution >= 0.6 is 0 Å². The number of carbonyl (C=O) groups is 2. The number of alkyl halides is 1. The molecule has 0 amide bonds. The quantitative estimate of drug-likeness (QED) is 0.383. The fraction of sp³-hybridized carbons (Fsp3) is 0.440. The number of carbonyl (C=O) groups excluding carboxylic acids is 2. The highest BCUT2D eigenvalue weighted by Crippen LogP contribution is 2.49. The maximum Gasteiger partial charge on any atom is 0.338 e. The predicted octanol–water partition coefficient (Wildman–Crippen LogP) is 4.49. The van der Waals surface area contributed by atoms with Crippen LogP contribution in [0.5, 0.6) is 17.2 Å². The lowest BCUT2D eigenvalue weighted by atomic mass is 9.69. The first-order valence-corrected chi connectivity index (χ1v) is 10.9. The minimum absolute atomic E-state index is 0.0506. The molecule has 0 spiro atoms. The van der Waals surface area contributed by atoms with Crippen LogP contribution in [0.25, 0.3) is 11.1 Å². The highest BCUT2D eigenvalue weighted by molar-refractivity contribution is 5.96. The molecule has 2 aromatic carbocycles. The molecule has 2 aromatic rings. The molecule has 8 heteroatoms. The minimum Gasteiger partial charge on any atom is -0.493 e. The number of hydrogen-bond donors (Lipinski definition) is 0. The molecule has 0 radical (unpaired) electrons. The third kappa shape index (κ3) is 4.21. The molecule has 0 N–H and O–H groups in total. The van der Waals surface area contributed by atoms with E-state index in [1.807, 2.05) is 12.1 Å². The number of cyclic esters (lactones) is 1. The molecule has 0 atom stereocenters. The third-order valence-electron chi connectivity index (χ3n) is 6.28. The van der Waals surface area contributed by atoms with Gasteiger partial charge in [0.25, 0.3) is 0 Å². The molecule has 1 aliphatic carbocycles. The molecule has 1 fully saturated rings. The van der Waals surface area contributed by atoms with Crippen molar-refractivity contribution in [3.63, 3.8) is 0 Å². The number of methoxy groups -OCH3 is 2. The summed E-state index contributed by atoms with van der Waals surface area (Å²) in [5, 5.41) is 0. The molecular weight excluding hydrogens is 431 g/mol. The van der Waals surface area contributed by atoms with Gasteiger partial charge in [-0.2, -0.15) is 0 Å². The lowest BCUT2D eigenvalue weighted by Gasteiger charge is -2.39. The van der Waals surface area contributed by atoms with Crippen LogP contribution in [-0.4, -0.2) is 46.0 Å². The Kier molecular flexibility index (Phi) is 6.72. The van der Waals surface area contributed by atoms with Gasteiger partial charge in [-0.15, -0.1) is 0 Å². The first-order valence-electron chi connectivity index (χ1n) is 10.9. The summed E-state index contributed by atoms with van der Waals surface area (Å²) >= 11 is 0. The summed E-state index contributed by atoms with van der Waals surface area (Å²) in [5.41, 5.74) is 1.98. The Bertz CT molecular complexity index is 1050. The highest BCUT2D eigenvalue weighted by atomic mass is 19.1. The molecule has 0 aromatic heterocycles. The van der Waals surface area contributed by atoms with E-state index >= 15 is 0 Å². The van der Waals surface area contributed by atoms with Gasteiger partial charge in [-0.05, 0) is 36.6 Å². The second-order valence-corrected chi connectivity index (χ2v) is 8.19. The largest absolute Gasteiger partial charge is 0.493 e. The Morgan fingerprint density at radius 3 is 2.52 bits per heavy atom. The van der Waals surface area contributed by atoms with E-state index < -0.39 is 12.1 Å². The van der Waals surface area contributed by atoms with Gasteiger partial charge in [0.2, 0.25) is 5.75 Å². The zero-order chi connectivity index (χ0) is 23.4. The van der Waals surface area contributed by atoms with Crippen LogP contribution in [0.15, 0.2) is 30.3 Å². The number of ether oxygens (including phenoxy) is 5. The minimum atomic E-state index is -0.778. The second kappa shape index (κ2) is 9.68. The molecule has 0 unspecified atom stereocenters. The Labute approximate surface area is 191 Å². The molecule has 1 heterocycles. The molecule has 4 rings (SSSR count). The van der Waals surface area contributed by atoms with Gasteiger partial charge < -0.3 is 23.7 Å². The molecule has 1 saturated carbocycles. The van der Waals surface area contributed by atoms with Crippen molar-refractivity contribution in [1.29, 1.82) is 0 Å². The van der Waals surface area contributed by atoms with Crippen molar-refractivity contribution in [2.45, 2.75) is 32.3 Å². The molecule has 0 saturated heterocycles. The molecule has 33 heavy (non-hydrogen) atoms. The van der Waals surface area contributed by atoms with Crippen LogP contribution < -0.4 is 14.2 Å². The van der Waals surface area contributed by atoms with E-state index in [2.05, 4.69) is 0 Å². The zero-order valence-corrected chi connectivity index (χ0v) is 18.8. The first-order chi connectivity index (χ1) is 16.0. The smallest absolute Gasteiger partial charge is 0.338 e. The summed E-state index contributed by atoms with van der Waals surface area (Å²) in [6.45, 7) is -0.227. The summed E-state index contributed by atoms with van der Waals surface area (Å²) in [7, 11) is 3.05. The highest BCUT2D eigenvalue weighted by Gasteiger charge is 2.47.